The third-order valence-electron chi connectivity index (χ3n) is 5.98. The lowest BCUT2D eigenvalue weighted by molar-refractivity contribution is -0.139. The van der Waals surface area contributed by atoms with E-state index in [1.165, 1.54) is 12.1 Å². The summed E-state index contributed by atoms with van der Waals surface area (Å²) in [5.41, 5.74) is 4.16. The van der Waals surface area contributed by atoms with Gasteiger partial charge in [-0.1, -0.05) is 61.9 Å². The van der Waals surface area contributed by atoms with E-state index in [2.05, 4.69) is 10.6 Å². The Kier molecular flexibility index (Phi) is 7.10. The van der Waals surface area contributed by atoms with Crippen molar-refractivity contribution in [2.45, 2.75) is 31.7 Å². The van der Waals surface area contributed by atoms with E-state index in [0.717, 1.165) is 28.3 Å². The molecule has 7 nitrogen and oxygen atoms in total. The number of fused-ring (bicyclic) bond motifs is 3. The van der Waals surface area contributed by atoms with Crippen molar-refractivity contribution in [1.82, 2.24) is 5.32 Å². The summed E-state index contributed by atoms with van der Waals surface area (Å²) in [5.74, 6) is -3.02. The number of halogens is 1. The first-order valence-corrected chi connectivity index (χ1v) is 11.3. The number of ether oxygens (including phenoxy) is 1. The Morgan fingerprint density at radius 3 is 2.20 bits per heavy atom. The van der Waals surface area contributed by atoms with Gasteiger partial charge in [0.05, 0.1) is 5.56 Å². The molecule has 0 aliphatic heterocycles. The van der Waals surface area contributed by atoms with Crippen LogP contribution in [0, 0.1) is 5.82 Å². The Labute approximate surface area is 201 Å². The maximum Gasteiger partial charge on any atom is 0.411 e. The third-order valence-corrected chi connectivity index (χ3v) is 5.98. The first kappa shape index (κ1) is 23.9. The van der Waals surface area contributed by atoms with Crippen LogP contribution in [0.2, 0.25) is 0 Å². The van der Waals surface area contributed by atoms with Crippen molar-refractivity contribution in [3.63, 3.8) is 0 Å². The van der Waals surface area contributed by atoms with E-state index >= 15 is 0 Å². The van der Waals surface area contributed by atoms with Crippen LogP contribution < -0.4 is 10.6 Å². The van der Waals surface area contributed by atoms with E-state index in [9.17, 15) is 23.9 Å². The average molecular weight is 477 g/mol. The molecule has 2 amide bonds. The number of carboxylic acid groups (broad SMARTS) is 1. The molecule has 3 aromatic rings. The number of rotatable bonds is 8. The molecule has 4 rings (SSSR count). The van der Waals surface area contributed by atoms with Gasteiger partial charge in [0, 0.05) is 11.6 Å². The molecule has 3 aromatic carbocycles. The van der Waals surface area contributed by atoms with Gasteiger partial charge < -0.3 is 15.2 Å². The first-order valence-electron chi connectivity index (χ1n) is 11.3. The van der Waals surface area contributed by atoms with Gasteiger partial charge in [-0.2, -0.15) is 0 Å². The van der Waals surface area contributed by atoms with Crippen molar-refractivity contribution >= 4 is 23.7 Å². The predicted octanol–water partition coefficient (Wildman–Crippen LogP) is 5.17. The van der Waals surface area contributed by atoms with Gasteiger partial charge >= 0.3 is 12.1 Å². The molecule has 1 atom stereocenters. The van der Waals surface area contributed by atoms with Crippen LogP contribution in [0.5, 0.6) is 0 Å². The number of amides is 2. The van der Waals surface area contributed by atoms with E-state index < -0.39 is 29.8 Å². The molecule has 8 heteroatoms. The van der Waals surface area contributed by atoms with Crippen molar-refractivity contribution in [1.29, 1.82) is 0 Å². The van der Waals surface area contributed by atoms with Crippen LogP contribution in [0.3, 0.4) is 0 Å². The van der Waals surface area contributed by atoms with Crippen LogP contribution in [0.15, 0.2) is 66.7 Å². The highest BCUT2D eigenvalue weighted by Crippen LogP contribution is 2.44. The molecule has 0 saturated carbocycles. The van der Waals surface area contributed by atoms with Crippen LogP contribution in [0.1, 0.15) is 47.2 Å². The Morgan fingerprint density at radius 1 is 1.00 bits per heavy atom. The summed E-state index contributed by atoms with van der Waals surface area (Å²) in [6, 6.07) is 18.3. The van der Waals surface area contributed by atoms with Gasteiger partial charge in [-0.15, -0.1) is 0 Å². The zero-order valence-corrected chi connectivity index (χ0v) is 19.1. The standard InChI is InChI=1S/C27H25FN2O5/c1-2-7-24(26(32)33)30-25(31)21-13-12-16(14-23(21)28)29-27(34)35-15-22-19-10-5-3-8-17(19)18-9-4-6-11-20(18)22/h3-6,8-14,22,24H,2,7,15H2,1H3,(H,29,34)(H,30,31)(H,32,33)/t24-/m1/s1. The second-order valence-electron chi connectivity index (χ2n) is 8.30. The summed E-state index contributed by atoms with van der Waals surface area (Å²) < 4.78 is 20.0. The van der Waals surface area contributed by atoms with Crippen LogP contribution in [0.25, 0.3) is 11.1 Å². The molecule has 0 bridgehead atoms. The van der Waals surface area contributed by atoms with Gasteiger partial charge in [-0.25, -0.2) is 14.0 Å². The molecular formula is C27H25FN2O5. The molecule has 0 unspecified atom stereocenters. The summed E-state index contributed by atoms with van der Waals surface area (Å²) >= 11 is 0. The van der Waals surface area contributed by atoms with Crippen LogP contribution >= 0.6 is 0 Å². The molecule has 180 valence electrons. The van der Waals surface area contributed by atoms with Gasteiger partial charge in [0.15, 0.2) is 0 Å². The zero-order chi connectivity index (χ0) is 24.9. The lowest BCUT2D eigenvalue weighted by atomic mass is 9.98. The molecule has 0 radical (unpaired) electrons. The molecule has 1 aliphatic carbocycles. The minimum Gasteiger partial charge on any atom is -0.480 e. The maximum atomic E-state index is 14.6. The summed E-state index contributed by atoms with van der Waals surface area (Å²) in [6.45, 7) is 1.89. The Morgan fingerprint density at radius 2 is 1.63 bits per heavy atom. The average Bonchev–Trinajstić information content (AvgIpc) is 3.16. The molecule has 0 spiro atoms. The fourth-order valence-electron chi connectivity index (χ4n) is 4.31. The molecule has 0 fully saturated rings. The van der Waals surface area contributed by atoms with Gasteiger partial charge in [0.2, 0.25) is 0 Å². The third kappa shape index (κ3) is 5.16. The number of hydrogen-bond donors (Lipinski definition) is 3. The van der Waals surface area contributed by atoms with E-state index in [4.69, 9.17) is 4.74 Å². The molecule has 0 aromatic heterocycles. The zero-order valence-electron chi connectivity index (χ0n) is 19.1. The Balaban J connectivity index is 1.39. The number of anilines is 1. The molecule has 3 N–H and O–H groups in total. The number of carboxylic acids is 1. The van der Waals surface area contributed by atoms with E-state index in [-0.39, 0.29) is 30.2 Å². The summed E-state index contributed by atoms with van der Waals surface area (Å²) in [7, 11) is 0. The molecule has 1 aliphatic rings. The predicted molar refractivity (Wildman–Crippen MR) is 129 cm³/mol. The smallest absolute Gasteiger partial charge is 0.411 e. The number of hydrogen-bond acceptors (Lipinski definition) is 4. The van der Waals surface area contributed by atoms with Crippen LogP contribution in [0.4, 0.5) is 14.9 Å². The van der Waals surface area contributed by atoms with Crippen molar-refractivity contribution < 1.29 is 28.6 Å². The molecular weight excluding hydrogens is 451 g/mol. The van der Waals surface area contributed by atoms with E-state index in [0.29, 0.717) is 6.42 Å². The number of benzene rings is 3. The fourth-order valence-corrected chi connectivity index (χ4v) is 4.31. The highest BCUT2D eigenvalue weighted by Gasteiger charge is 2.29. The maximum absolute atomic E-state index is 14.6. The number of carbonyl (C=O) groups is 3. The quantitative estimate of drug-likeness (QED) is 0.416. The SMILES string of the molecule is CCC[C@@H](NC(=O)c1ccc(NC(=O)OCC2c3ccccc3-c3ccccc32)cc1F)C(=O)O. The van der Waals surface area contributed by atoms with Gasteiger partial charge in [-0.05, 0) is 46.9 Å². The largest absolute Gasteiger partial charge is 0.480 e. The molecule has 35 heavy (non-hydrogen) atoms. The lowest BCUT2D eigenvalue weighted by Crippen LogP contribution is -2.40. The fraction of sp³-hybridized carbons (Fsp3) is 0.222. The van der Waals surface area contributed by atoms with Gasteiger partial charge in [-0.3, -0.25) is 10.1 Å². The van der Waals surface area contributed by atoms with Crippen molar-refractivity contribution in [3.8, 4) is 11.1 Å². The Hall–Kier alpha value is -4.20. The highest BCUT2D eigenvalue weighted by molar-refractivity contribution is 5.97. The number of aliphatic carboxylic acids is 1. The highest BCUT2D eigenvalue weighted by atomic mass is 19.1. The monoisotopic (exact) mass is 476 g/mol. The summed E-state index contributed by atoms with van der Waals surface area (Å²) in [6.07, 6.45) is 0.0182. The topological polar surface area (TPSA) is 105 Å². The normalized spacial score (nSPS) is 12.9. The van der Waals surface area contributed by atoms with E-state index in [1.54, 1.807) is 6.92 Å². The lowest BCUT2D eigenvalue weighted by Gasteiger charge is -2.15. The van der Waals surface area contributed by atoms with E-state index in [1.807, 2.05) is 48.5 Å². The molecule has 0 saturated heterocycles. The summed E-state index contributed by atoms with van der Waals surface area (Å²) in [4.78, 5) is 36.0. The number of carbonyl (C=O) groups excluding carboxylic acids is 2. The number of nitrogens with one attached hydrogen (secondary N) is 2. The van der Waals surface area contributed by atoms with Crippen LogP contribution in [-0.4, -0.2) is 35.7 Å². The first-order chi connectivity index (χ1) is 16.9. The minimum atomic E-state index is -1.19. The summed E-state index contributed by atoms with van der Waals surface area (Å²) in [5, 5.41) is 14.0. The second kappa shape index (κ2) is 10.4. The van der Waals surface area contributed by atoms with Crippen LogP contribution in [-0.2, 0) is 9.53 Å². The second-order valence-corrected chi connectivity index (χ2v) is 8.30. The van der Waals surface area contributed by atoms with Crippen molar-refractivity contribution in [3.05, 3.63) is 89.2 Å². The van der Waals surface area contributed by atoms with Gasteiger partial charge in [0.1, 0.15) is 18.5 Å². The minimum absolute atomic E-state index is 0.108. The van der Waals surface area contributed by atoms with Crippen molar-refractivity contribution in [2.24, 2.45) is 0 Å². The van der Waals surface area contributed by atoms with Crippen molar-refractivity contribution in [2.75, 3.05) is 11.9 Å². The Bertz CT molecular complexity index is 1230. The van der Waals surface area contributed by atoms with Gasteiger partial charge in [0.25, 0.3) is 5.91 Å². The molecule has 0 heterocycles.